The quantitative estimate of drug-likeness (QED) is 0.675. The highest BCUT2D eigenvalue weighted by Crippen LogP contribution is 2.51. The summed E-state index contributed by atoms with van der Waals surface area (Å²) >= 11 is 0. The Morgan fingerprint density at radius 2 is 2.00 bits per heavy atom. The summed E-state index contributed by atoms with van der Waals surface area (Å²) in [7, 11) is 1.66. The van der Waals surface area contributed by atoms with Crippen molar-refractivity contribution < 1.29 is 14.3 Å². The van der Waals surface area contributed by atoms with E-state index in [1.807, 2.05) is 26.0 Å². The zero-order valence-electron chi connectivity index (χ0n) is 16.2. The van der Waals surface area contributed by atoms with Gasteiger partial charge in [0.1, 0.15) is 5.78 Å². The van der Waals surface area contributed by atoms with Crippen LogP contribution in [0.5, 0.6) is 11.5 Å². The largest absolute Gasteiger partial charge is 0.493 e. The molecule has 2 saturated carbocycles. The first-order valence-electron chi connectivity index (χ1n) is 9.61. The van der Waals surface area contributed by atoms with Crippen LogP contribution in [0.3, 0.4) is 0 Å². The van der Waals surface area contributed by atoms with Gasteiger partial charge in [-0.05, 0) is 68.6 Å². The van der Waals surface area contributed by atoms with E-state index < -0.39 is 0 Å². The first-order valence-corrected chi connectivity index (χ1v) is 9.61. The lowest BCUT2D eigenvalue weighted by atomic mass is 9.71. The van der Waals surface area contributed by atoms with E-state index in [1.165, 1.54) is 11.1 Å². The molecular formula is C23H30O3. The molecule has 0 bridgehead atoms. The van der Waals surface area contributed by atoms with Gasteiger partial charge in [0.15, 0.2) is 11.5 Å². The van der Waals surface area contributed by atoms with Gasteiger partial charge in [-0.15, -0.1) is 6.58 Å². The molecule has 0 radical (unpaired) electrons. The van der Waals surface area contributed by atoms with Gasteiger partial charge in [-0.1, -0.05) is 24.3 Å². The highest BCUT2D eigenvalue weighted by molar-refractivity contribution is 5.84. The molecule has 0 aromatic heterocycles. The van der Waals surface area contributed by atoms with Crippen molar-refractivity contribution in [2.75, 3.05) is 7.11 Å². The molecule has 2 fully saturated rings. The minimum absolute atomic E-state index is 0.0865. The smallest absolute Gasteiger partial charge is 0.161 e. The minimum atomic E-state index is 0.0865. The number of rotatable bonds is 6. The molecule has 0 unspecified atom stereocenters. The second kappa shape index (κ2) is 7.69. The van der Waals surface area contributed by atoms with Crippen LogP contribution in [0.4, 0.5) is 0 Å². The van der Waals surface area contributed by atoms with Crippen molar-refractivity contribution in [3.63, 3.8) is 0 Å². The zero-order chi connectivity index (χ0) is 18.8. The standard InChI is InChI=1S/C23H30O3/c1-6-17-13-18(23-19(24)9-7-15(4)22(17)23)11-16-8-10-20(25-5)21(12-16)26-14(2)3/h6,8,10,12,14,17-18,22-23H,1,4,7,9,11,13H2,2-3,5H3/t17-,18+,22+,23+/m1/s1. The zero-order valence-corrected chi connectivity index (χ0v) is 16.2. The number of carbonyl (C=O) groups excluding carboxylic acids is 1. The molecule has 4 atom stereocenters. The van der Waals surface area contributed by atoms with E-state index in [-0.39, 0.29) is 17.9 Å². The molecule has 0 heterocycles. The van der Waals surface area contributed by atoms with Crippen LogP contribution in [0.25, 0.3) is 0 Å². The van der Waals surface area contributed by atoms with Crippen LogP contribution in [0, 0.1) is 23.7 Å². The number of ether oxygens (including phenoxy) is 2. The van der Waals surface area contributed by atoms with E-state index in [4.69, 9.17) is 9.47 Å². The van der Waals surface area contributed by atoms with Gasteiger partial charge in [-0.2, -0.15) is 0 Å². The summed E-state index contributed by atoms with van der Waals surface area (Å²) in [5.41, 5.74) is 2.43. The molecule has 1 aromatic carbocycles. The van der Waals surface area contributed by atoms with E-state index in [0.717, 1.165) is 30.8 Å². The predicted octanol–water partition coefficient (Wildman–Crippen LogP) is 5.00. The summed E-state index contributed by atoms with van der Waals surface area (Å²) in [5.74, 6) is 3.01. The number of Topliss-reactive ketones (excluding diaryl/α,β-unsaturated/α-hetero) is 1. The highest BCUT2D eigenvalue weighted by atomic mass is 16.5. The molecule has 3 rings (SSSR count). The third-order valence-electron chi connectivity index (χ3n) is 5.86. The van der Waals surface area contributed by atoms with Crippen molar-refractivity contribution >= 4 is 5.78 Å². The average Bonchev–Trinajstić information content (AvgIpc) is 2.97. The fraction of sp³-hybridized carbons (Fsp3) is 0.522. The summed E-state index contributed by atoms with van der Waals surface area (Å²) in [4.78, 5) is 12.7. The summed E-state index contributed by atoms with van der Waals surface area (Å²) < 4.78 is 11.3. The molecule has 0 saturated heterocycles. The fourth-order valence-corrected chi connectivity index (χ4v) is 4.79. The van der Waals surface area contributed by atoms with E-state index in [2.05, 4.69) is 25.3 Å². The number of benzene rings is 1. The Morgan fingerprint density at radius 1 is 1.23 bits per heavy atom. The highest BCUT2D eigenvalue weighted by Gasteiger charge is 2.48. The second-order valence-electron chi connectivity index (χ2n) is 7.93. The molecule has 2 aliphatic rings. The first kappa shape index (κ1) is 18.8. The lowest BCUT2D eigenvalue weighted by Gasteiger charge is -2.31. The van der Waals surface area contributed by atoms with Crippen molar-refractivity contribution in [2.45, 2.75) is 45.6 Å². The molecule has 3 nitrogen and oxygen atoms in total. The van der Waals surface area contributed by atoms with Gasteiger partial charge in [0.25, 0.3) is 0 Å². The molecule has 140 valence electrons. The van der Waals surface area contributed by atoms with Crippen molar-refractivity contribution in [3.8, 4) is 11.5 Å². The van der Waals surface area contributed by atoms with Gasteiger partial charge in [0, 0.05) is 12.3 Å². The van der Waals surface area contributed by atoms with Crippen molar-refractivity contribution in [1.82, 2.24) is 0 Å². The SMILES string of the molecule is C=C[C@@H]1C[C@H](Cc2ccc(OC)c(OC(C)C)c2)[C@H]2C(=O)CCC(=C)[C@H]21. The molecule has 0 aliphatic heterocycles. The van der Waals surface area contributed by atoms with Crippen LogP contribution in [-0.2, 0) is 11.2 Å². The Balaban J connectivity index is 1.85. The molecule has 26 heavy (non-hydrogen) atoms. The van der Waals surface area contributed by atoms with Gasteiger partial charge in [0.2, 0.25) is 0 Å². The van der Waals surface area contributed by atoms with Crippen molar-refractivity contribution in [1.29, 1.82) is 0 Å². The van der Waals surface area contributed by atoms with E-state index in [1.54, 1.807) is 7.11 Å². The molecule has 0 spiro atoms. The van der Waals surface area contributed by atoms with Crippen molar-refractivity contribution in [3.05, 3.63) is 48.6 Å². The normalized spacial score (nSPS) is 28.2. The van der Waals surface area contributed by atoms with Gasteiger partial charge >= 0.3 is 0 Å². The number of methoxy groups -OCH3 is 1. The first-order chi connectivity index (χ1) is 12.4. The van der Waals surface area contributed by atoms with Crippen LogP contribution in [-0.4, -0.2) is 19.0 Å². The minimum Gasteiger partial charge on any atom is -0.493 e. The summed E-state index contributed by atoms with van der Waals surface area (Å²) in [6.45, 7) is 12.3. The van der Waals surface area contributed by atoms with Gasteiger partial charge < -0.3 is 9.47 Å². The van der Waals surface area contributed by atoms with Crippen molar-refractivity contribution in [2.24, 2.45) is 23.7 Å². The maximum absolute atomic E-state index is 12.7. The number of hydrogen-bond acceptors (Lipinski definition) is 3. The van der Waals surface area contributed by atoms with Gasteiger partial charge in [0.05, 0.1) is 13.2 Å². The third-order valence-corrected chi connectivity index (χ3v) is 5.86. The number of hydrogen-bond donors (Lipinski definition) is 0. The predicted molar refractivity (Wildman–Crippen MR) is 105 cm³/mol. The van der Waals surface area contributed by atoms with E-state index in [9.17, 15) is 4.79 Å². The number of allylic oxidation sites excluding steroid dienone is 2. The molecule has 1 aromatic rings. The van der Waals surface area contributed by atoms with Crippen LogP contribution < -0.4 is 9.47 Å². The number of fused-ring (bicyclic) bond motifs is 1. The lowest BCUT2D eigenvalue weighted by molar-refractivity contribution is -0.126. The van der Waals surface area contributed by atoms with Crippen LogP contribution >= 0.6 is 0 Å². The molecule has 0 N–H and O–H groups in total. The Labute approximate surface area is 157 Å². The monoisotopic (exact) mass is 354 g/mol. The number of ketones is 1. The topological polar surface area (TPSA) is 35.5 Å². The average molecular weight is 354 g/mol. The Hall–Kier alpha value is -2.03. The third kappa shape index (κ3) is 3.58. The molecular weight excluding hydrogens is 324 g/mol. The Kier molecular flexibility index (Phi) is 5.55. The van der Waals surface area contributed by atoms with Gasteiger partial charge in [-0.3, -0.25) is 4.79 Å². The number of carbonyl (C=O) groups is 1. The van der Waals surface area contributed by atoms with E-state index >= 15 is 0 Å². The second-order valence-corrected chi connectivity index (χ2v) is 7.93. The molecule has 3 heteroatoms. The van der Waals surface area contributed by atoms with Crippen LogP contribution in [0.15, 0.2) is 43.0 Å². The summed E-state index contributed by atoms with van der Waals surface area (Å²) in [6.07, 6.45) is 5.49. The summed E-state index contributed by atoms with van der Waals surface area (Å²) in [5, 5.41) is 0. The fourth-order valence-electron chi connectivity index (χ4n) is 4.79. The van der Waals surface area contributed by atoms with E-state index in [0.29, 0.717) is 24.0 Å². The maximum atomic E-state index is 12.7. The van der Waals surface area contributed by atoms with Crippen LogP contribution in [0.2, 0.25) is 0 Å². The lowest BCUT2D eigenvalue weighted by Crippen LogP contribution is -2.32. The van der Waals surface area contributed by atoms with Gasteiger partial charge in [-0.25, -0.2) is 0 Å². The summed E-state index contributed by atoms with van der Waals surface area (Å²) in [6, 6.07) is 6.12. The molecule has 2 aliphatic carbocycles. The Morgan fingerprint density at radius 3 is 2.65 bits per heavy atom. The van der Waals surface area contributed by atoms with Crippen LogP contribution in [0.1, 0.15) is 38.7 Å². The molecule has 0 amide bonds. The Bertz CT molecular complexity index is 703. The maximum Gasteiger partial charge on any atom is 0.161 e.